The van der Waals surface area contributed by atoms with E-state index in [1.165, 1.54) is 30.4 Å². The molecule has 0 spiro atoms. The first kappa shape index (κ1) is 11.9. The molecule has 0 unspecified atom stereocenters. The summed E-state index contributed by atoms with van der Waals surface area (Å²) in [5, 5.41) is 1.05. The van der Waals surface area contributed by atoms with Crippen LogP contribution in [-0.4, -0.2) is 5.33 Å². The van der Waals surface area contributed by atoms with Crippen molar-refractivity contribution in [2.75, 3.05) is 5.33 Å². The van der Waals surface area contributed by atoms with Gasteiger partial charge in [0.15, 0.2) is 0 Å². The van der Waals surface area contributed by atoms with Crippen molar-refractivity contribution in [2.24, 2.45) is 0 Å². The molecule has 16 heavy (non-hydrogen) atoms. The summed E-state index contributed by atoms with van der Waals surface area (Å²) in [7, 11) is 0. The molecule has 0 aromatic heterocycles. The molecule has 0 amide bonds. The highest BCUT2D eigenvalue weighted by Crippen LogP contribution is 2.39. The highest BCUT2D eigenvalue weighted by atomic mass is 79.9. The third-order valence-corrected chi connectivity index (χ3v) is 3.95. The molecule has 0 N–H and O–H groups in total. The van der Waals surface area contributed by atoms with Crippen LogP contribution in [0, 0.1) is 0 Å². The summed E-state index contributed by atoms with van der Waals surface area (Å²) in [6.07, 6.45) is 7.62. The minimum Gasteiger partial charge on any atom is -0.0925 e. The number of rotatable bonds is 4. The Labute approximate surface area is 107 Å². The molecule has 1 saturated carbocycles. The predicted molar refractivity (Wildman–Crippen MR) is 75.1 cm³/mol. The summed E-state index contributed by atoms with van der Waals surface area (Å²) in [4.78, 5) is 0. The van der Waals surface area contributed by atoms with E-state index >= 15 is 0 Å². The Hall–Kier alpha value is -0.560. The van der Waals surface area contributed by atoms with Crippen LogP contribution in [-0.2, 0) is 0 Å². The molecule has 0 bridgehead atoms. The van der Waals surface area contributed by atoms with Crippen LogP contribution in [0.3, 0.4) is 0 Å². The maximum Gasteiger partial charge on any atom is 0.00661 e. The smallest absolute Gasteiger partial charge is 0.00661 e. The summed E-state index contributed by atoms with van der Waals surface area (Å²) in [5.41, 5.74) is 4.46. The minimum atomic E-state index is 0.823. The maximum atomic E-state index is 3.48. The second-order valence-corrected chi connectivity index (χ2v) is 5.37. The molecule has 1 fully saturated rings. The van der Waals surface area contributed by atoms with Gasteiger partial charge in [0.05, 0.1) is 0 Å². The first-order valence-electron chi connectivity index (χ1n) is 6.15. The molecule has 0 radical (unpaired) electrons. The summed E-state index contributed by atoms with van der Waals surface area (Å²) < 4.78 is 0. The van der Waals surface area contributed by atoms with Crippen molar-refractivity contribution >= 4 is 21.5 Å². The van der Waals surface area contributed by atoms with E-state index in [2.05, 4.69) is 53.2 Å². The minimum absolute atomic E-state index is 0.823. The van der Waals surface area contributed by atoms with Gasteiger partial charge in [0.2, 0.25) is 0 Å². The third-order valence-electron chi connectivity index (χ3n) is 3.49. The predicted octanol–water partition coefficient (Wildman–Crippen LogP) is 5.14. The van der Waals surface area contributed by atoms with Gasteiger partial charge in [-0.25, -0.2) is 0 Å². The average molecular weight is 279 g/mol. The van der Waals surface area contributed by atoms with E-state index in [1.807, 2.05) is 0 Å². The molecule has 86 valence electrons. The van der Waals surface area contributed by atoms with Crippen LogP contribution in [0.4, 0.5) is 0 Å². The molecule has 0 heterocycles. The lowest BCUT2D eigenvalue weighted by Gasteiger charge is -2.28. The molecule has 1 aliphatic carbocycles. The number of halogens is 1. The summed E-state index contributed by atoms with van der Waals surface area (Å²) in [5.74, 6) is 0.823. The van der Waals surface area contributed by atoms with Gasteiger partial charge < -0.3 is 0 Å². The molecular formula is C15H19Br. The van der Waals surface area contributed by atoms with Crippen LogP contribution in [0.1, 0.15) is 49.7 Å². The van der Waals surface area contributed by atoms with Gasteiger partial charge in [-0.05, 0) is 48.8 Å². The van der Waals surface area contributed by atoms with Gasteiger partial charge >= 0.3 is 0 Å². The molecule has 2 rings (SSSR count). The molecule has 1 aromatic rings. The standard InChI is InChI=1S/C15H19Br/c1-12(6-5-11-16)14-9-2-3-10-15(14)13-7-4-8-13/h2-3,6,9-10,13H,4-5,7-8,11H2,1H3/b12-6-. The summed E-state index contributed by atoms with van der Waals surface area (Å²) in [6, 6.07) is 8.91. The first-order valence-corrected chi connectivity index (χ1v) is 7.27. The zero-order chi connectivity index (χ0) is 11.4. The van der Waals surface area contributed by atoms with E-state index in [1.54, 1.807) is 5.56 Å². The summed E-state index contributed by atoms with van der Waals surface area (Å²) >= 11 is 3.48. The second-order valence-electron chi connectivity index (χ2n) is 4.58. The number of alkyl halides is 1. The largest absolute Gasteiger partial charge is 0.0925 e. The van der Waals surface area contributed by atoms with Crippen molar-refractivity contribution in [3.8, 4) is 0 Å². The van der Waals surface area contributed by atoms with Crippen LogP contribution in [0.15, 0.2) is 30.3 Å². The molecule has 1 heteroatoms. The quantitative estimate of drug-likeness (QED) is 0.669. The normalized spacial score (nSPS) is 17.2. The van der Waals surface area contributed by atoms with Crippen molar-refractivity contribution in [2.45, 2.75) is 38.5 Å². The SMILES string of the molecule is C/C(=C/CCBr)c1ccccc1C1CCC1. The van der Waals surface area contributed by atoms with Gasteiger partial charge in [0.1, 0.15) is 0 Å². The number of allylic oxidation sites excluding steroid dienone is 2. The van der Waals surface area contributed by atoms with Crippen molar-refractivity contribution < 1.29 is 0 Å². The van der Waals surface area contributed by atoms with Gasteiger partial charge in [-0.1, -0.05) is 52.7 Å². The number of benzene rings is 1. The average Bonchev–Trinajstić information content (AvgIpc) is 2.24. The highest BCUT2D eigenvalue weighted by Gasteiger charge is 2.21. The molecule has 1 aliphatic rings. The lowest BCUT2D eigenvalue weighted by atomic mass is 9.77. The van der Waals surface area contributed by atoms with Gasteiger partial charge in [-0.2, -0.15) is 0 Å². The molecule has 0 atom stereocenters. The van der Waals surface area contributed by atoms with Crippen LogP contribution in [0.5, 0.6) is 0 Å². The lowest BCUT2D eigenvalue weighted by molar-refractivity contribution is 0.419. The highest BCUT2D eigenvalue weighted by molar-refractivity contribution is 9.09. The molecular weight excluding hydrogens is 260 g/mol. The Bertz CT molecular complexity index is 375. The number of hydrogen-bond donors (Lipinski definition) is 0. The fourth-order valence-electron chi connectivity index (χ4n) is 2.31. The van der Waals surface area contributed by atoms with Crippen molar-refractivity contribution in [3.05, 3.63) is 41.5 Å². The Morgan fingerprint density at radius 3 is 2.75 bits per heavy atom. The van der Waals surface area contributed by atoms with E-state index in [4.69, 9.17) is 0 Å². The van der Waals surface area contributed by atoms with E-state index in [0.717, 1.165) is 17.7 Å². The van der Waals surface area contributed by atoms with E-state index in [0.29, 0.717) is 0 Å². The Kier molecular flexibility index (Phi) is 4.22. The van der Waals surface area contributed by atoms with Crippen molar-refractivity contribution in [1.82, 2.24) is 0 Å². The van der Waals surface area contributed by atoms with Crippen LogP contribution < -0.4 is 0 Å². The van der Waals surface area contributed by atoms with Crippen LogP contribution in [0.25, 0.3) is 5.57 Å². The number of hydrogen-bond acceptors (Lipinski definition) is 0. The van der Waals surface area contributed by atoms with Crippen molar-refractivity contribution in [3.63, 3.8) is 0 Å². The Morgan fingerprint density at radius 2 is 2.12 bits per heavy atom. The Balaban J connectivity index is 2.24. The monoisotopic (exact) mass is 278 g/mol. The third kappa shape index (κ3) is 2.57. The van der Waals surface area contributed by atoms with Gasteiger partial charge in [-0.15, -0.1) is 0 Å². The van der Waals surface area contributed by atoms with E-state index in [-0.39, 0.29) is 0 Å². The lowest BCUT2D eigenvalue weighted by Crippen LogP contribution is -2.10. The zero-order valence-electron chi connectivity index (χ0n) is 9.88. The fraction of sp³-hybridized carbons (Fsp3) is 0.467. The topological polar surface area (TPSA) is 0 Å². The van der Waals surface area contributed by atoms with Crippen LogP contribution in [0.2, 0.25) is 0 Å². The van der Waals surface area contributed by atoms with E-state index in [9.17, 15) is 0 Å². The second kappa shape index (κ2) is 5.67. The molecule has 0 aliphatic heterocycles. The van der Waals surface area contributed by atoms with Gasteiger partial charge in [0.25, 0.3) is 0 Å². The maximum absolute atomic E-state index is 3.48. The van der Waals surface area contributed by atoms with Crippen LogP contribution >= 0.6 is 15.9 Å². The fourth-order valence-corrected chi connectivity index (χ4v) is 2.54. The summed E-state index contributed by atoms with van der Waals surface area (Å²) in [6.45, 7) is 2.24. The zero-order valence-corrected chi connectivity index (χ0v) is 11.5. The first-order chi connectivity index (χ1) is 7.83. The molecule has 0 nitrogen and oxygen atoms in total. The van der Waals surface area contributed by atoms with E-state index < -0.39 is 0 Å². The van der Waals surface area contributed by atoms with Gasteiger partial charge in [-0.3, -0.25) is 0 Å². The molecule has 1 aromatic carbocycles. The van der Waals surface area contributed by atoms with Gasteiger partial charge in [0, 0.05) is 5.33 Å². The van der Waals surface area contributed by atoms with Crippen molar-refractivity contribution in [1.29, 1.82) is 0 Å². The Morgan fingerprint density at radius 1 is 1.38 bits per heavy atom. The molecule has 0 saturated heterocycles.